The van der Waals surface area contributed by atoms with Crippen molar-refractivity contribution in [3.05, 3.63) is 0 Å². The lowest BCUT2D eigenvalue weighted by atomic mass is 10.1. The summed E-state index contributed by atoms with van der Waals surface area (Å²) in [5, 5.41) is 9.29. The predicted molar refractivity (Wildman–Crippen MR) is 159 cm³/mol. The van der Waals surface area contributed by atoms with E-state index in [4.69, 9.17) is 4.74 Å². The molecule has 1 unspecified atom stereocenters. The number of ether oxygens (including phenoxy) is 1. The van der Waals surface area contributed by atoms with Gasteiger partial charge in [0.25, 0.3) is 0 Å². The van der Waals surface area contributed by atoms with Crippen molar-refractivity contribution in [2.45, 2.75) is 176 Å². The molecule has 0 radical (unpaired) electrons. The van der Waals surface area contributed by atoms with Crippen LogP contribution in [-0.4, -0.2) is 48.3 Å². The number of unbranched alkanes of at least 4 members (excludes halogenated alkanes) is 13. The van der Waals surface area contributed by atoms with Crippen molar-refractivity contribution in [1.82, 2.24) is 4.90 Å². The molecule has 0 spiro atoms. The van der Waals surface area contributed by atoms with Gasteiger partial charge in [0.2, 0.25) is 0 Å². The molecule has 0 aliphatic carbocycles. The molecule has 218 valence electrons. The fraction of sp³-hybridized carbons (Fsp3) is 0.969. The van der Waals surface area contributed by atoms with Crippen molar-refractivity contribution < 1.29 is 14.6 Å². The molecule has 0 rings (SSSR count). The molecule has 0 amide bonds. The number of esters is 1. The van der Waals surface area contributed by atoms with E-state index < -0.39 is 0 Å². The molecule has 0 aliphatic rings. The monoisotopic (exact) mass is 514 g/mol. The first kappa shape index (κ1) is 37.5. The Morgan fingerprint density at radius 3 is 1.58 bits per heavy atom. The fourth-order valence-corrected chi connectivity index (χ4v) is 4.47. The van der Waals surface area contributed by atoms with Gasteiger partial charge in [-0.15, -0.1) is 0 Å². The van der Waals surface area contributed by atoms with Crippen LogP contribution in [0.3, 0.4) is 0 Å². The Balaban J connectivity index is 0. The molecule has 0 heterocycles. The lowest BCUT2D eigenvalue weighted by molar-refractivity contribution is -0.150. The molecule has 1 atom stereocenters. The molecule has 4 nitrogen and oxygen atoms in total. The van der Waals surface area contributed by atoms with Crippen molar-refractivity contribution >= 4 is 5.97 Å². The average Bonchev–Trinajstić information content (AvgIpc) is 2.87. The summed E-state index contributed by atoms with van der Waals surface area (Å²) >= 11 is 0. The molecule has 0 aromatic heterocycles. The second-order valence-corrected chi connectivity index (χ2v) is 10.6. The summed E-state index contributed by atoms with van der Waals surface area (Å²) in [6, 6.07) is 0. The lowest BCUT2D eigenvalue weighted by Gasteiger charge is -2.21. The van der Waals surface area contributed by atoms with Gasteiger partial charge in [-0.25, -0.2) is 0 Å². The van der Waals surface area contributed by atoms with Crippen LogP contribution < -0.4 is 0 Å². The highest BCUT2D eigenvalue weighted by atomic mass is 16.5. The maximum absolute atomic E-state index is 12.2. The summed E-state index contributed by atoms with van der Waals surface area (Å²) in [4.78, 5) is 14.6. The zero-order chi connectivity index (χ0) is 27.1. The van der Waals surface area contributed by atoms with Gasteiger partial charge in [-0.1, -0.05) is 125 Å². The number of rotatable bonds is 26. The van der Waals surface area contributed by atoms with E-state index in [2.05, 4.69) is 39.5 Å². The van der Waals surface area contributed by atoms with Crippen molar-refractivity contribution in [3.8, 4) is 0 Å². The number of carbonyl (C=O) groups is 1. The van der Waals surface area contributed by atoms with Crippen LogP contribution >= 0.6 is 0 Å². The van der Waals surface area contributed by atoms with Crippen molar-refractivity contribution in [2.75, 3.05) is 26.2 Å². The van der Waals surface area contributed by atoms with Gasteiger partial charge >= 0.3 is 5.97 Å². The number of hydrogen-bond donors (Lipinski definition) is 1. The number of aliphatic hydroxyl groups excluding tert-OH is 1. The molecular weight excluding hydrogens is 446 g/mol. The zero-order valence-corrected chi connectivity index (χ0v) is 25.5. The second-order valence-electron chi connectivity index (χ2n) is 10.6. The second kappa shape index (κ2) is 32.4. The lowest BCUT2D eigenvalue weighted by Crippen LogP contribution is -2.29. The van der Waals surface area contributed by atoms with Gasteiger partial charge in [0, 0.05) is 13.0 Å². The SMILES string of the molecule is CCCCC.CCCCCCCN(CCO)CCCCCCCC(=O)OC(CCCC)CCCCC. The van der Waals surface area contributed by atoms with Crippen LogP contribution in [0.5, 0.6) is 0 Å². The Morgan fingerprint density at radius 1 is 0.583 bits per heavy atom. The molecule has 0 saturated carbocycles. The van der Waals surface area contributed by atoms with Crippen molar-refractivity contribution in [1.29, 1.82) is 0 Å². The normalized spacial score (nSPS) is 11.9. The maximum Gasteiger partial charge on any atom is 0.306 e. The highest BCUT2D eigenvalue weighted by Crippen LogP contribution is 2.15. The smallest absolute Gasteiger partial charge is 0.306 e. The molecule has 0 saturated heterocycles. The Bertz CT molecular complexity index is 414. The van der Waals surface area contributed by atoms with Crippen LogP contribution in [0.15, 0.2) is 0 Å². The van der Waals surface area contributed by atoms with Gasteiger partial charge in [-0.2, -0.15) is 0 Å². The van der Waals surface area contributed by atoms with Gasteiger partial charge in [0.1, 0.15) is 6.10 Å². The van der Waals surface area contributed by atoms with Crippen molar-refractivity contribution in [3.63, 3.8) is 0 Å². The number of carbonyl (C=O) groups excluding carboxylic acids is 1. The maximum atomic E-state index is 12.2. The topological polar surface area (TPSA) is 49.8 Å². The van der Waals surface area contributed by atoms with Gasteiger partial charge < -0.3 is 14.7 Å². The zero-order valence-electron chi connectivity index (χ0n) is 25.5. The summed E-state index contributed by atoms with van der Waals surface area (Å²) < 4.78 is 5.78. The van der Waals surface area contributed by atoms with E-state index >= 15 is 0 Å². The number of nitrogens with zero attached hydrogens (tertiary/aromatic N) is 1. The molecule has 4 heteroatoms. The van der Waals surface area contributed by atoms with Crippen LogP contribution in [0.1, 0.15) is 169 Å². The van der Waals surface area contributed by atoms with E-state index in [1.165, 1.54) is 89.9 Å². The van der Waals surface area contributed by atoms with E-state index in [-0.39, 0.29) is 18.7 Å². The molecule has 0 aromatic rings. The van der Waals surface area contributed by atoms with E-state index in [9.17, 15) is 9.90 Å². The summed E-state index contributed by atoms with van der Waals surface area (Å²) in [5.41, 5.74) is 0. The van der Waals surface area contributed by atoms with Crippen LogP contribution in [0.25, 0.3) is 0 Å². The summed E-state index contributed by atoms with van der Waals surface area (Å²) in [6.07, 6.45) is 24.9. The molecular formula is C32H67NO3. The Kier molecular flexibility index (Phi) is 33.8. The van der Waals surface area contributed by atoms with E-state index in [0.29, 0.717) is 6.42 Å². The third-order valence-corrected chi connectivity index (χ3v) is 6.86. The minimum atomic E-state index is 0.00907. The standard InChI is InChI=1S/C27H55NO3.C5H12/c1-4-7-10-13-17-22-28(24-25-29)23-18-14-11-12-16-21-27(30)31-26(19-9-6-3)20-15-8-5-2;1-3-5-4-2/h26,29H,4-25H2,1-3H3;3-5H2,1-2H3. The molecule has 0 aromatic carbocycles. The van der Waals surface area contributed by atoms with Crippen LogP contribution in [0, 0.1) is 0 Å². The van der Waals surface area contributed by atoms with Gasteiger partial charge in [0.05, 0.1) is 6.61 Å². The minimum Gasteiger partial charge on any atom is -0.462 e. The van der Waals surface area contributed by atoms with Gasteiger partial charge in [0.15, 0.2) is 0 Å². The number of aliphatic hydroxyl groups is 1. The summed E-state index contributed by atoms with van der Waals surface area (Å²) in [7, 11) is 0. The third kappa shape index (κ3) is 29.6. The molecule has 1 N–H and O–H groups in total. The van der Waals surface area contributed by atoms with E-state index in [1.54, 1.807) is 0 Å². The third-order valence-electron chi connectivity index (χ3n) is 6.86. The van der Waals surface area contributed by atoms with Gasteiger partial charge in [-0.05, 0) is 51.6 Å². The van der Waals surface area contributed by atoms with Crippen LogP contribution in [0.2, 0.25) is 0 Å². The molecule has 0 aliphatic heterocycles. The number of hydrogen-bond acceptors (Lipinski definition) is 4. The Morgan fingerprint density at radius 2 is 1.06 bits per heavy atom. The first-order valence-electron chi connectivity index (χ1n) is 16.1. The minimum absolute atomic E-state index is 0.00907. The van der Waals surface area contributed by atoms with Crippen LogP contribution in [0.4, 0.5) is 0 Å². The molecule has 36 heavy (non-hydrogen) atoms. The predicted octanol–water partition coefficient (Wildman–Crippen LogP) is 9.47. The Labute approximate surface area is 227 Å². The first-order chi connectivity index (χ1) is 17.6. The Hall–Kier alpha value is -0.610. The van der Waals surface area contributed by atoms with E-state index in [0.717, 1.165) is 58.2 Å². The summed E-state index contributed by atoms with van der Waals surface area (Å²) in [6.45, 7) is 14.4. The molecule has 0 fully saturated rings. The van der Waals surface area contributed by atoms with Crippen LogP contribution in [-0.2, 0) is 9.53 Å². The molecule has 0 bridgehead atoms. The summed E-state index contributed by atoms with van der Waals surface area (Å²) in [5.74, 6) is 0.00907. The average molecular weight is 514 g/mol. The quantitative estimate of drug-likeness (QED) is 0.0924. The largest absolute Gasteiger partial charge is 0.462 e. The van der Waals surface area contributed by atoms with Gasteiger partial charge in [-0.3, -0.25) is 4.79 Å². The highest BCUT2D eigenvalue weighted by molar-refractivity contribution is 5.69. The van der Waals surface area contributed by atoms with E-state index in [1.807, 2.05) is 0 Å². The highest BCUT2D eigenvalue weighted by Gasteiger charge is 2.13. The van der Waals surface area contributed by atoms with Crippen molar-refractivity contribution in [2.24, 2.45) is 0 Å². The fourth-order valence-electron chi connectivity index (χ4n) is 4.47. The first-order valence-corrected chi connectivity index (χ1v) is 16.1.